The van der Waals surface area contributed by atoms with Gasteiger partial charge in [-0.2, -0.15) is 0 Å². The molecule has 0 aliphatic carbocycles. The fourth-order valence-electron chi connectivity index (χ4n) is 3.80. The number of likely N-dealkylation sites (N-methyl/N-ethyl adjacent to an activating group) is 1. The van der Waals surface area contributed by atoms with E-state index in [1.807, 2.05) is 0 Å². The lowest BCUT2D eigenvalue weighted by atomic mass is 10.1. The van der Waals surface area contributed by atoms with Crippen molar-refractivity contribution < 1.29 is 9.28 Å². The van der Waals surface area contributed by atoms with Crippen molar-refractivity contribution in [2.75, 3.05) is 32.7 Å². The summed E-state index contributed by atoms with van der Waals surface area (Å²) in [6, 6.07) is 0. The zero-order valence-electron chi connectivity index (χ0n) is 17.6. The minimum absolute atomic E-state index is 0.0651. The molecule has 0 aromatic rings. The van der Waals surface area contributed by atoms with Crippen LogP contribution in [0.25, 0.3) is 0 Å². The minimum Gasteiger partial charge on any atom is -0.351 e. The highest BCUT2D eigenvalue weighted by molar-refractivity contribution is 5.77. The molecule has 1 amide bonds. The molecule has 26 heavy (non-hydrogen) atoms. The van der Waals surface area contributed by atoms with Crippen molar-refractivity contribution in [2.45, 2.75) is 85.0 Å². The van der Waals surface area contributed by atoms with Crippen LogP contribution in [0.1, 0.15) is 85.0 Å². The van der Waals surface area contributed by atoms with Crippen LogP contribution in [-0.2, 0) is 4.79 Å². The summed E-state index contributed by atoms with van der Waals surface area (Å²) in [5.41, 5.74) is 0. The number of quaternary nitrogens is 1. The number of hydrogen-bond acceptors (Lipinski definition) is 2. The Hall–Kier alpha value is -1.16. The highest BCUT2D eigenvalue weighted by Gasteiger charge is 2.35. The standard InChI is InChI=1S/C22H41N3O/c1-4-6-7-8-9-10-11-12-13-14-15-16-22-24-18-20-25(22,5-2)19-17-23-21(3)26/h10-11H,4-9,12-20H2,1-3H3/p+1/b11-10+. The van der Waals surface area contributed by atoms with Crippen molar-refractivity contribution in [3.05, 3.63) is 12.2 Å². The topological polar surface area (TPSA) is 41.5 Å². The van der Waals surface area contributed by atoms with E-state index in [1.165, 1.54) is 63.6 Å². The number of carbonyl (C=O) groups is 1. The van der Waals surface area contributed by atoms with Crippen LogP contribution in [-0.4, -0.2) is 48.9 Å². The second-order valence-electron chi connectivity index (χ2n) is 7.61. The Kier molecular flexibility index (Phi) is 12.3. The molecule has 1 unspecified atom stereocenters. The quantitative estimate of drug-likeness (QED) is 0.252. The molecule has 150 valence electrons. The van der Waals surface area contributed by atoms with Gasteiger partial charge in [-0.15, -0.1) is 0 Å². The Balaban J connectivity index is 2.16. The van der Waals surface area contributed by atoms with Crippen LogP contribution in [0.3, 0.4) is 0 Å². The molecule has 0 bridgehead atoms. The first-order valence-corrected chi connectivity index (χ1v) is 10.9. The first-order valence-electron chi connectivity index (χ1n) is 10.9. The second-order valence-corrected chi connectivity index (χ2v) is 7.61. The Morgan fingerprint density at radius 2 is 1.77 bits per heavy atom. The van der Waals surface area contributed by atoms with Crippen LogP contribution < -0.4 is 5.32 Å². The summed E-state index contributed by atoms with van der Waals surface area (Å²) in [7, 11) is 0. The fraction of sp³-hybridized carbons (Fsp3) is 0.818. The summed E-state index contributed by atoms with van der Waals surface area (Å²) < 4.78 is 0.984. The molecule has 0 saturated heterocycles. The maximum Gasteiger partial charge on any atom is 0.217 e. The molecule has 0 radical (unpaired) electrons. The van der Waals surface area contributed by atoms with E-state index in [2.05, 4.69) is 31.3 Å². The molecule has 0 aromatic carbocycles. The number of carbonyl (C=O) groups excluding carboxylic acids is 1. The summed E-state index contributed by atoms with van der Waals surface area (Å²) >= 11 is 0. The minimum atomic E-state index is 0.0651. The third kappa shape index (κ3) is 8.98. The zero-order valence-corrected chi connectivity index (χ0v) is 17.6. The molecule has 1 atom stereocenters. The SMILES string of the molecule is CCCCCC/C=C/CCCCCC1=NCC[N+]1(CC)CCNC(C)=O. The summed E-state index contributed by atoms with van der Waals surface area (Å²) in [6.07, 6.45) is 17.6. The van der Waals surface area contributed by atoms with Crippen molar-refractivity contribution in [1.82, 2.24) is 5.32 Å². The number of aliphatic imine (C=N–C) groups is 1. The molecule has 0 spiro atoms. The number of unbranched alkanes of at least 4 members (excludes halogenated alkanes) is 7. The second kappa shape index (κ2) is 14.0. The maximum atomic E-state index is 11.1. The zero-order chi connectivity index (χ0) is 19.1. The first kappa shape index (κ1) is 22.9. The van der Waals surface area contributed by atoms with Crippen molar-refractivity contribution in [3.8, 4) is 0 Å². The Bertz CT molecular complexity index is 445. The van der Waals surface area contributed by atoms with Crippen LogP contribution in [0.2, 0.25) is 0 Å². The van der Waals surface area contributed by atoms with Gasteiger partial charge >= 0.3 is 0 Å². The normalized spacial score (nSPS) is 19.9. The summed E-state index contributed by atoms with van der Waals surface area (Å²) in [4.78, 5) is 15.9. The number of rotatable bonds is 15. The molecule has 1 aliphatic heterocycles. The lowest BCUT2D eigenvalue weighted by molar-refractivity contribution is -0.833. The lowest BCUT2D eigenvalue weighted by Gasteiger charge is -2.33. The molecule has 4 heteroatoms. The van der Waals surface area contributed by atoms with Crippen molar-refractivity contribution in [3.63, 3.8) is 0 Å². The maximum absolute atomic E-state index is 11.1. The highest BCUT2D eigenvalue weighted by Crippen LogP contribution is 2.19. The van der Waals surface area contributed by atoms with Crippen molar-refractivity contribution >= 4 is 11.7 Å². The number of hydrogen-bond donors (Lipinski definition) is 1. The van der Waals surface area contributed by atoms with Crippen LogP contribution in [0.5, 0.6) is 0 Å². The van der Waals surface area contributed by atoms with Crippen LogP contribution in [0.15, 0.2) is 17.1 Å². The Morgan fingerprint density at radius 3 is 2.38 bits per heavy atom. The van der Waals surface area contributed by atoms with Gasteiger partial charge in [-0.25, -0.2) is 4.99 Å². The van der Waals surface area contributed by atoms with Gasteiger partial charge in [-0.05, 0) is 39.0 Å². The number of allylic oxidation sites excluding steroid dienone is 2. The molecule has 1 rings (SSSR count). The monoisotopic (exact) mass is 364 g/mol. The fourth-order valence-corrected chi connectivity index (χ4v) is 3.80. The van der Waals surface area contributed by atoms with E-state index in [9.17, 15) is 4.79 Å². The van der Waals surface area contributed by atoms with Gasteiger partial charge in [0, 0.05) is 13.3 Å². The van der Waals surface area contributed by atoms with E-state index in [-0.39, 0.29) is 5.91 Å². The molecule has 1 N–H and O–H groups in total. The third-order valence-electron chi connectivity index (χ3n) is 5.55. The van der Waals surface area contributed by atoms with Gasteiger partial charge in [-0.1, -0.05) is 44.8 Å². The average molecular weight is 365 g/mol. The van der Waals surface area contributed by atoms with Gasteiger partial charge in [-0.3, -0.25) is 9.28 Å². The molecule has 0 saturated carbocycles. The molecule has 0 fully saturated rings. The predicted molar refractivity (Wildman–Crippen MR) is 113 cm³/mol. The first-order chi connectivity index (χ1) is 12.6. The van der Waals surface area contributed by atoms with Crippen LogP contribution in [0.4, 0.5) is 0 Å². The van der Waals surface area contributed by atoms with Gasteiger partial charge in [0.1, 0.15) is 13.1 Å². The smallest absolute Gasteiger partial charge is 0.217 e. The summed E-state index contributed by atoms with van der Waals surface area (Å²) in [5, 5.41) is 2.95. The largest absolute Gasteiger partial charge is 0.351 e. The van der Waals surface area contributed by atoms with Gasteiger partial charge in [0.2, 0.25) is 5.91 Å². The van der Waals surface area contributed by atoms with Crippen molar-refractivity contribution in [2.24, 2.45) is 4.99 Å². The van der Waals surface area contributed by atoms with E-state index in [0.29, 0.717) is 0 Å². The van der Waals surface area contributed by atoms with Gasteiger partial charge in [0.05, 0.1) is 19.6 Å². The number of amides is 1. The Morgan fingerprint density at radius 1 is 1.08 bits per heavy atom. The van der Waals surface area contributed by atoms with Crippen molar-refractivity contribution in [1.29, 1.82) is 0 Å². The molecule has 1 heterocycles. The number of amidine groups is 1. The van der Waals surface area contributed by atoms with E-state index < -0.39 is 0 Å². The van der Waals surface area contributed by atoms with Crippen LogP contribution >= 0.6 is 0 Å². The third-order valence-corrected chi connectivity index (χ3v) is 5.55. The van der Waals surface area contributed by atoms with Gasteiger partial charge in [0.15, 0.2) is 5.84 Å². The number of nitrogens with one attached hydrogen (secondary N) is 1. The van der Waals surface area contributed by atoms with Gasteiger partial charge in [0.25, 0.3) is 0 Å². The van der Waals surface area contributed by atoms with Crippen LogP contribution in [0, 0.1) is 0 Å². The average Bonchev–Trinajstić information content (AvgIpc) is 3.02. The molecule has 4 nitrogen and oxygen atoms in total. The predicted octanol–water partition coefficient (Wildman–Crippen LogP) is 4.85. The molecule has 0 aromatic heterocycles. The lowest BCUT2D eigenvalue weighted by Crippen LogP contribution is -2.54. The van der Waals surface area contributed by atoms with E-state index in [0.717, 1.165) is 43.6 Å². The van der Waals surface area contributed by atoms with E-state index >= 15 is 0 Å². The van der Waals surface area contributed by atoms with E-state index in [1.54, 1.807) is 6.92 Å². The molecular formula is C22H42N3O+. The number of nitrogens with zero attached hydrogens (tertiary/aromatic N) is 2. The highest BCUT2D eigenvalue weighted by atomic mass is 16.1. The molecule has 1 aliphatic rings. The molecular weight excluding hydrogens is 322 g/mol. The Labute approximate surface area is 161 Å². The summed E-state index contributed by atoms with van der Waals surface area (Å²) in [5.74, 6) is 1.43. The summed E-state index contributed by atoms with van der Waals surface area (Å²) in [6.45, 7) is 11.0. The van der Waals surface area contributed by atoms with E-state index in [4.69, 9.17) is 4.99 Å². The van der Waals surface area contributed by atoms with Gasteiger partial charge < -0.3 is 5.32 Å².